The molecule has 1 aliphatic rings. The Bertz CT molecular complexity index is 908. The Hall–Kier alpha value is -3.29. The molecule has 1 aliphatic heterocycles. The number of nitrogens with one attached hydrogen (secondary N) is 1. The van der Waals surface area contributed by atoms with E-state index in [2.05, 4.69) is 15.2 Å². The van der Waals surface area contributed by atoms with Crippen LogP contribution in [0, 0.1) is 0 Å². The minimum atomic E-state index is -0.518. The number of anilines is 3. The van der Waals surface area contributed by atoms with Gasteiger partial charge in [-0.1, -0.05) is 12.1 Å². The molecule has 8 nitrogen and oxygen atoms in total. The Labute approximate surface area is 177 Å². The van der Waals surface area contributed by atoms with Crippen LogP contribution in [0.5, 0.6) is 0 Å². The highest BCUT2D eigenvalue weighted by Crippen LogP contribution is 2.21. The quantitative estimate of drug-likeness (QED) is 0.751. The zero-order valence-electron chi connectivity index (χ0n) is 17.9. The number of piperazine rings is 1. The summed E-state index contributed by atoms with van der Waals surface area (Å²) >= 11 is 0. The molecule has 1 atom stereocenters. The molecule has 0 aliphatic carbocycles. The average molecular weight is 412 g/mol. The third-order valence-corrected chi connectivity index (χ3v) is 4.80. The molecule has 2 amide bonds. The van der Waals surface area contributed by atoms with Gasteiger partial charge in [0.2, 0.25) is 0 Å². The predicted molar refractivity (Wildman–Crippen MR) is 118 cm³/mol. The number of rotatable bonds is 3. The minimum absolute atomic E-state index is 0.0144. The fourth-order valence-corrected chi connectivity index (χ4v) is 3.27. The molecule has 1 aromatic carbocycles. The summed E-state index contributed by atoms with van der Waals surface area (Å²) in [5.74, 6) is 0.497. The van der Waals surface area contributed by atoms with Gasteiger partial charge in [0.15, 0.2) is 0 Å². The molecular weight excluding hydrogens is 382 g/mol. The number of pyridine rings is 1. The number of ether oxygens (including phenoxy) is 1. The lowest BCUT2D eigenvalue weighted by Crippen LogP contribution is -2.55. The molecule has 160 valence electrons. The van der Waals surface area contributed by atoms with Crippen molar-refractivity contribution in [3.05, 3.63) is 48.2 Å². The van der Waals surface area contributed by atoms with Gasteiger partial charge in [-0.3, -0.25) is 4.79 Å². The van der Waals surface area contributed by atoms with E-state index in [1.54, 1.807) is 29.3 Å². The number of nitrogens with two attached hydrogens (primary N) is 1. The van der Waals surface area contributed by atoms with Gasteiger partial charge in [-0.05, 0) is 52.0 Å². The number of para-hydroxylation sites is 2. The van der Waals surface area contributed by atoms with Crippen molar-refractivity contribution in [3.8, 4) is 0 Å². The van der Waals surface area contributed by atoms with Crippen molar-refractivity contribution in [3.63, 3.8) is 0 Å². The van der Waals surface area contributed by atoms with Crippen LogP contribution in [0.25, 0.3) is 0 Å². The van der Waals surface area contributed by atoms with E-state index in [0.717, 1.165) is 5.82 Å². The van der Waals surface area contributed by atoms with Crippen LogP contribution in [0.2, 0.25) is 0 Å². The summed E-state index contributed by atoms with van der Waals surface area (Å²) < 4.78 is 5.49. The van der Waals surface area contributed by atoms with Crippen LogP contribution in [0.1, 0.15) is 38.1 Å². The third kappa shape index (κ3) is 5.20. The second-order valence-electron chi connectivity index (χ2n) is 8.42. The molecule has 2 heterocycles. The van der Waals surface area contributed by atoms with E-state index in [4.69, 9.17) is 10.5 Å². The van der Waals surface area contributed by atoms with Crippen molar-refractivity contribution in [2.75, 3.05) is 35.6 Å². The van der Waals surface area contributed by atoms with E-state index in [-0.39, 0.29) is 18.0 Å². The van der Waals surface area contributed by atoms with Crippen molar-refractivity contribution >= 4 is 29.2 Å². The maximum atomic E-state index is 12.5. The van der Waals surface area contributed by atoms with Gasteiger partial charge in [-0.25, -0.2) is 9.78 Å². The summed E-state index contributed by atoms with van der Waals surface area (Å²) in [4.78, 5) is 33.1. The van der Waals surface area contributed by atoms with Gasteiger partial charge in [0.25, 0.3) is 5.91 Å². The molecule has 0 radical (unpaired) electrons. The van der Waals surface area contributed by atoms with Crippen LogP contribution in [0.15, 0.2) is 42.6 Å². The van der Waals surface area contributed by atoms with Crippen LogP contribution < -0.4 is 16.0 Å². The molecule has 1 fully saturated rings. The Morgan fingerprint density at radius 1 is 1.17 bits per heavy atom. The second kappa shape index (κ2) is 8.61. The molecule has 0 saturated carbocycles. The van der Waals surface area contributed by atoms with E-state index in [9.17, 15) is 9.59 Å². The number of nitrogens with zero attached hydrogens (tertiary/aromatic N) is 3. The Balaban J connectivity index is 1.61. The van der Waals surface area contributed by atoms with Crippen LogP contribution >= 0.6 is 0 Å². The highest BCUT2D eigenvalue weighted by Gasteiger charge is 2.31. The number of hydrogen-bond donors (Lipinski definition) is 2. The van der Waals surface area contributed by atoms with E-state index in [1.807, 2.05) is 45.9 Å². The number of carbonyl (C=O) groups excluding carboxylic acids is 2. The molecule has 1 saturated heterocycles. The van der Waals surface area contributed by atoms with Gasteiger partial charge < -0.3 is 25.6 Å². The lowest BCUT2D eigenvalue weighted by Gasteiger charge is -2.40. The lowest BCUT2D eigenvalue weighted by atomic mass is 10.2. The number of benzene rings is 1. The van der Waals surface area contributed by atoms with Crippen LogP contribution in [0.4, 0.5) is 22.0 Å². The molecule has 3 rings (SSSR count). The van der Waals surface area contributed by atoms with Crippen LogP contribution in [-0.4, -0.2) is 53.2 Å². The molecule has 1 aromatic heterocycles. The molecular formula is C22H29N5O3. The van der Waals surface area contributed by atoms with Crippen molar-refractivity contribution in [2.24, 2.45) is 0 Å². The van der Waals surface area contributed by atoms with Crippen molar-refractivity contribution < 1.29 is 14.3 Å². The fourth-order valence-electron chi connectivity index (χ4n) is 3.27. The third-order valence-electron chi connectivity index (χ3n) is 4.80. The second-order valence-corrected chi connectivity index (χ2v) is 8.42. The van der Waals surface area contributed by atoms with E-state index < -0.39 is 5.60 Å². The normalized spacial score (nSPS) is 16.9. The fraction of sp³-hybridized carbons (Fsp3) is 0.409. The maximum Gasteiger partial charge on any atom is 0.410 e. The Kier molecular flexibility index (Phi) is 6.14. The zero-order valence-corrected chi connectivity index (χ0v) is 17.9. The molecule has 0 spiro atoms. The number of amides is 2. The molecule has 3 N–H and O–H groups in total. The largest absolute Gasteiger partial charge is 0.444 e. The first-order chi connectivity index (χ1) is 14.1. The highest BCUT2D eigenvalue weighted by molar-refractivity contribution is 6.05. The molecule has 30 heavy (non-hydrogen) atoms. The molecule has 0 bridgehead atoms. The van der Waals surface area contributed by atoms with Gasteiger partial charge in [0.1, 0.15) is 11.4 Å². The summed E-state index contributed by atoms with van der Waals surface area (Å²) in [6.45, 7) is 9.40. The highest BCUT2D eigenvalue weighted by atomic mass is 16.6. The van der Waals surface area contributed by atoms with Crippen molar-refractivity contribution in [2.45, 2.75) is 39.3 Å². The Morgan fingerprint density at radius 2 is 1.90 bits per heavy atom. The van der Waals surface area contributed by atoms with E-state index >= 15 is 0 Å². The number of aromatic nitrogens is 1. The average Bonchev–Trinajstić information content (AvgIpc) is 2.68. The minimum Gasteiger partial charge on any atom is -0.444 e. The monoisotopic (exact) mass is 411 g/mol. The SMILES string of the molecule is C[C@H]1CN(c2ccc(C(=O)Nc3ccccc3N)cn2)CCN1C(=O)OC(C)(C)C. The first-order valence-electron chi connectivity index (χ1n) is 10.0. The van der Waals surface area contributed by atoms with Crippen LogP contribution in [-0.2, 0) is 4.74 Å². The van der Waals surface area contributed by atoms with Crippen molar-refractivity contribution in [1.82, 2.24) is 9.88 Å². The maximum absolute atomic E-state index is 12.5. The number of hydrogen-bond acceptors (Lipinski definition) is 6. The van der Waals surface area contributed by atoms with Gasteiger partial charge in [0.05, 0.1) is 16.9 Å². The molecule has 0 unspecified atom stereocenters. The van der Waals surface area contributed by atoms with E-state index in [0.29, 0.717) is 36.6 Å². The van der Waals surface area contributed by atoms with Crippen LogP contribution in [0.3, 0.4) is 0 Å². The lowest BCUT2D eigenvalue weighted by molar-refractivity contribution is 0.0158. The summed E-state index contributed by atoms with van der Waals surface area (Å²) in [5, 5.41) is 2.79. The topological polar surface area (TPSA) is 101 Å². The summed E-state index contributed by atoms with van der Waals surface area (Å²) in [7, 11) is 0. The number of carbonyl (C=O) groups is 2. The number of nitrogen functional groups attached to an aromatic ring is 1. The zero-order chi connectivity index (χ0) is 21.9. The van der Waals surface area contributed by atoms with Gasteiger partial charge in [-0.2, -0.15) is 0 Å². The predicted octanol–water partition coefficient (Wildman–Crippen LogP) is 3.36. The first kappa shape index (κ1) is 21.4. The standard InChI is InChI=1S/C22H29N5O3/c1-15-14-26(11-12-27(15)21(29)30-22(2,3)4)19-10-9-16(13-24-19)20(28)25-18-8-6-5-7-17(18)23/h5-10,13,15H,11-12,14,23H2,1-4H3,(H,25,28)/t15-/m0/s1. The summed E-state index contributed by atoms with van der Waals surface area (Å²) in [6, 6.07) is 10.6. The first-order valence-corrected chi connectivity index (χ1v) is 10.0. The Morgan fingerprint density at radius 3 is 2.50 bits per heavy atom. The van der Waals surface area contributed by atoms with Gasteiger partial charge in [0, 0.05) is 31.9 Å². The van der Waals surface area contributed by atoms with Gasteiger partial charge >= 0.3 is 6.09 Å². The smallest absolute Gasteiger partial charge is 0.410 e. The molecule has 2 aromatic rings. The molecule has 8 heteroatoms. The summed E-state index contributed by atoms with van der Waals surface area (Å²) in [5.41, 5.74) is 6.88. The summed E-state index contributed by atoms with van der Waals surface area (Å²) in [6.07, 6.45) is 1.25. The van der Waals surface area contributed by atoms with Crippen molar-refractivity contribution in [1.29, 1.82) is 0 Å². The van der Waals surface area contributed by atoms with Gasteiger partial charge in [-0.15, -0.1) is 0 Å². The van der Waals surface area contributed by atoms with E-state index in [1.165, 1.54) is 0 Å².